The molecule has 0 N–H and O–H groups in total. The number of fused-ring (bicyclic) bond motifs is 13. The van der Waals surface area contributed by atoms with E-state index in [2.05, 4.69) is 230 Å². The Balaban J connectivity index is 1.16. The fourth-order valence-electron chi connectivity index (χ4n) is 11.9. The zero-order valence-electron chi connectivity index (χ0n) is 38.6. The second-order valence-electron chi connectivity index (χ2n) is 21.7. The van der Waals surface area contributed by atoms with Gasteiger partial charge in [0.05, 0.1) is 11.1 Å². The first-order valence-corrected chi connectivity index (χ1v) is 23.5. The van der Waals surface area contributed by atoms with Crippen molar-refractivity contribution in [2.45, 2.75) is 95.8 Å². The van der Waals surface area contributed by atoms with E-state index in [1.807, 2.05) is 0 Å². The third-order valence-corrected chi connectivity index (χ3v) is 15.4. The van der Waals surface area contributed by atoms with Crippen LogP contribution < -0.4 is 4.90 Å². The molecule has 64 heavy (non-hydrogen) atoms. The van der Waals surface area contributed by atoms with Gasteiger partial charge in [-0.25, -0.2) is 0 Å². The molecule has 1 heteroatoms. The van der Waals surface area contributed by atoms with Gasteiger partial charge in [0.2, 0.25) is 0 Å². The van der Waals surface area contributed by atoms with Crippen molar-refractivity contribution in [1.29, 1.82) is 0 Å². The molecule has 4 aliphatic carbocycles. The molecule has 0 atom stereocenters. The van der Waals surface area contributed by atoms with Crippen LogP contribution in [0.2, 0.25) is 0 Å². The molecule has 1 spiro atoms. The van der Waals surface area contributed by atoms with Gasteiger partial charge in [-0.15, -0.1) is 0 Å². The maximum atomic E-state index is 2.59. The minimum atomic E-state index is -0.500. The summed E-state index contributed by atoms with van der Waals surface area (Å²) in [5.41, 5.74) is 26.0. The number of anilines is 3. The summed E-state index contributed by atoms with van der Waals surface area (Å²) in [6, 6.07) is 66.0. The van der Waals surface area contributed by atoms with Crippen LogP contribution in [0.3, 0.4) is 0 Å². The van der Waals surface area contributed by atoms with Crippen LogP contribution in [-0.4, -0.2) is 0 Å². The van der Waals surface area contributed by atoms with Gasteiger partial charge in [0.25, 0.3) is 0 Å². The zero-order chi connectivity index (χ0) is 43.9. The molecule has 314 valence electrons. The number of hydrogen-bond acceptors (Lipinski definition) is 1. The third kappa shape index (κ3) is 5.55. The minimum absolute atomic E-state index is 0.0113. The van der Waals surface area contributed by atoms with Crippen LogP contribution in [-0.2, 0) is 21.7 Å². The first kappa shape index (κ1) is 39.2. The summed E-state index contributed by atoms with van der Waals surface area (Å²) in [6.07, 6.45) is 2.52. The Hall–Kier alpha value is -6.44. The van der Waals surface area contributed by atoms with E-state index in [4.69, 9.17) is 0 Å². The van der Waals surface area contributed by atoms with Gasteiger partial charge in [0.15, 0.2) is 0 Å². The highest BCUT2D eigenvalue weighted by Crippen LogP contribution is 2.64. The molecule has 4 aliphatic rings. The Bertz CT molecular complexity index is 3170. The molecule has 1 fully saturated rings. The Morgan fingerprint density at radius 3 is 1.39 bits per heavy atom. The number of nitrogens with zero attached hydrogens (tertiary/aromatic N) is 1. The molecule has 8 aromatic rings. The number of para-hydroxylation sites is 1. The normalized spacial score (nSPS) is 15.9. The molecule has 0 aromatic heterocycles. The molecular formula is C63H57N. The molecule has 1 saturated carbocycles. The lowest BCUT2D eigenvalue weighted by atomic mass is 9.68. The molecule has 0 radical (unpaired) electrons. The summed E-state index contributed by atoms with van der Waals surface area (Å²) in [5.74, 6) is 0.619. The summed E-state index contributed by atoms with van der Waals surface area (Å²) >= 11 is 0. The van der Waals surface area contributed by atoms with Crippen molar-refractivity contribution in [3.8, 4) is 44.5 Å². The van der Waals surface area contributed by atoms with Gasteiger partial charge in [0, 0.05) is 22.4 Å². The van der Waals surface area contributed by atoms with E-state index in [9.17, 15) is 0 Å². The lowest BCUT2D eigenvalue weighted by molar-refractivity contribution is 0.586. The van der Waals surface area contributed by atoms with Crippen molar-refractivity contribution in [3.05, 3.63) is 220 Å². The molecular weight excluding hydrogens is 771 g/mol. The standard InChI is InChI=1S/C63H57N/c1-60(2,3)40-27-31-49-50-32-28-41(61(4,5)6)36-57(50)63(56(49)35-40)54-23-15-12-20-47(54)51-34-30-43(38-58(51)63)64(42-29-33-48-46-19-11-14-22-53(46)62(7,8)55(48)37-42)59-24-16-13-21-52(59)45-18-10-9-17-44(45)39-25-26-39/h9-24,27-39H,25-26H2,1-8H3. The van der Waals surface area contributed by atoms with Crippen molar-refractivity contribution in [2.75, 3.05) is 4.90 Å². The minimum Gasteiger partial charge on any atom is -0.310 e. The molecule has 1 nitrogen and oxygen atoms in total. The Morgan fingerprint density at radius 2 is 0.812 bits per heavy atom. The number of hydrogen-bond donors (Lipinski definition) is 0. The Morgan fingerprint density at radius 1 is 0.391 bits per heavy atom. The monoisotopic (exact) mass is 827 g/mol. The van der Waals surface area contributed by atoms with Crippen molar-refractivity contribution < 1.29 is 0 Å². The van der Waals surface area contributed by atoms with Crippen molar-refractivity contribution >= 4 is 17.1 Å². The van der Waals surface area contributed by atoms with Crippen LogP contribution in [0.4, 0.5) is 17.1 Å². The van der Waals surface area contributed by atoms with Gasteiger partial charge in [-0.05, 0) is 149 Å². The van der Waals surface area contributed by atoms with E-state index in [1.54, 1.807) is 0 Å². The average molecular weight is 828 g/mol. The SMILES string of the molecule is CC(C)(C)c1ccc2c(c1)C1(c3ccccc3-c3ccc(N(c4ccc5c(c4)C(C)(C)c4ccccc4-5)c4ccccc4-c4ccccc4C4CC4)cc31)c1cc(C(C)(C)C)ccc1-2. The predicted octanol–water partition coefficient (Wildman–Crippen LogP) is 16.9. The van der Waals surface area contributed by atoms with Crippen LogP contribution in [0.1, 0.15) is 124 Å². The van der Waals surface area contributed by atoms with E-state index >= 15 is 0 Å². The maximum Gasteiger partial charge on any atom is 0.0726 e. The predicted molar refractivity (Wildman–Crippen MR) is 270 cm³/mol. The molecule has 0 aliphatic heterocycles. The average Bonchev–Trinajstić information content (AvgIpc) is 4.01. The summed E-state index contributed by atoms with van der Waals surface area (Å²) < 4.78 is 0. The molecule has 0 heterocycles. The molecule has 12 rings (SSSR count). The molecule has 0 amide bonds. The Kier molecular flexibility index (Phi) is 8.29. The van der Waals surface area contributed by atoms with Gasteiger partial charge in [-0.1, -0.05) is 195 Å². The van der Waals surface area contributed by atoms with E-state index in [-0.39, 0.29) is 16.2 Å². The second-order valence-corrected chi connectivity index (χ2v) is 21.7. The second kappa shape index (κ2) is 13.5. The Labute approximate surface area is 380 Å². The van der Waals surface area contributed by atoms with Crippen molar-refractivity contribution in [3.63, 3.8) is 0 Å². The summed E-state index contributed by atoms with van der Waals surface area (Å²) in [4.78, 5) is 2.59. The maximum absolute atomic E-state index is 2.59. The van der Waals surface area contributed by atoms with Crippen LogP contribution >= 0.6 is 0 Å². The highest BCUT2D eigenvalue weighted by molar-refractivity contribution is 5.98. The van der Waals surface area contributed by atoms with Gasteiger partial charge in [-0.3, -0.25) is 0 Å². The quantitative estimate of drug-likeness (QED) is 0.167. The number of rotatable bonds is 5. The molecule has 0 saturated heterocycles. The lowest BCUT2D eigenvalue weighted by Crippen LogP contribution is -2.27. The first-order chi connectivity index (χ1) is 30.8. The summed E-state index contributed by atoms with van der Waals surface area (Å²) in [7, 11) is 0. The molecule has 8 aromatic carbocycles. The van der Waals surface area contributed by atoms with Gasteiger partial charge < -0.3 is 4.90 Å². The van der Waals surface area contributed by atoms with Gasteiger partial charge in [0.1, 0.15) is 0 Å². The van der Waals surface area contributed by atoms with Gasteiger partial charge >= 0.3 is 0 Å². The third-order valence-electron chi connectivity index (χ3n) is 15.4. The van der Waals surface area contributed by atoms with Gasteiger partial charge in [-0.2, -0.15) is 0 Å². The van der Waals surface area contributed by atoms with Crippen LogP contribution in [0.15, 0.2) is 170 Å². The van der Waals surface area contributed by atoms with E-state index in [0.717, 1.165) is 0 Å². The lowest BCUT2D eigenvalue weighted by Gasteiger charge is -2.34. The van der Waals surface area contributed by atoms with Crippen LogP contribution in [0.5, 0.6) is 0 Å². The zero-order valence-corrected chi connectivity index (χ0v) is 38.6. The fourth-order valence-corrected chi connectivity index (χ4v) is 11.9. The van der Waals surface area contributed by atoms with E-state index in [0.29, 0.717) is 5.92 Å². The van der Waals surface area contributed by atoms with Crippen LogP contribution in [0.25, 0.3) is 44.5 Å². The number of benzene rings is 8. The largest absolute Gasteiger partial charge is 0.310 e. The molecule has 0 unspecified atom stereocenters. The van der Waals surface area contributed by atoms with E-state index < -0.39 is 5.41 Å². The van der Waals surface area contributed by atoms with E-state index in [1.165, 1.54) is 124 Å². The molecule has 0 bridgehead atoms. The van der Waals surface area contributed by atoms with Crippen molar-refractivity contribution in [2.24, 2.45) is 0 Å². The topological polar surface area (TPSA) is 3.24 Å². The highest BCUT2D eigenvalue weighted by Gasteiger charge is 2.52. The summed E-state index contributed by atoms with van der Waals surface area (Å²) in [5, 5.41) is 0. The van der Waals surface area contributed by atoms with Crippen LogP contribution in [0, 0.1) is 0 Å². The summed E-state index contributed by atoms with van der Waals surface area (Å²) in [6.45, 7) is 18.9. The van der Waals surface area contributed by atoms with Crippen molar-refractivity contribution in [1.82, 2.24) is 0 Å². The fraction of sp³-hybridized carbons (Fsp3) is 0.238. The first-order valence-electron chi connectivity index (χ1n) is 23.5. The smallest absolute Gasteiger partial charge is 0.0726 e. The highest BCUT2D eigenvalue weighted by atomic mass is 15.1.